The van der Waals surface area contributed by atoms with Crippen LogP contribution in [0, 0.1) is 0 Å². The number of hydrogen-bond donors (Lipinski definition) is 4. The molecular formula is C9H12FN6O5PS. The van der Waals surface area contributed by atoms with Crippen LogP contribution in [0.4, 0.5) is 10.3 Å². The summed E-state index contributed by atoms with van der Waals surface area (Å²) in [6.07, 6.45) is -3.53. The standard InChI is InChI=1S/C9H12FN6O5PS/c10-3-1-5(21-4(3)2-20-22(18,19)23)16-7-6(14-15-16)8(17)13-9(11)12-7/h3-5H,1-2H2,(H2,18,19,23)(H3,11,12,13,17)/t3-,4-,5-/m1/s1. The van der Waals surface area contributed by atoms with E-state index < -0.39 is 37.4 Å². The Bertz CT molecular complexity index is 837. The van der Waals surface area contributed by atoms with Gasteiger partial charge in [-0.25, -0.2) is 4.39 Å². The number of fused-ring (bicyclic) bond motifs is 1. The molecule has 2 aromatic heterocycles. The zero-order valence-corrected chi connectivity index (χ0v) is 13.1. The number of nitrogens with zero attached hydrogens (tertiary/aromatic N) is 4. The molecule has 0 spiro atoms. The van der Waals surface area contributed by atoms with Gasteiger partial charge < -0.3 is 24.8 Å². The number of nitrogen functional groups attached to an aromatic ring is 1. The fourth-order valence-electron chi connectivity index (χ4n) is 2.21. The van der Waals surface area contributed by atoms with Gasteiger partial charge in [0.05, 0.1) is 6.61 Å². The molecule has 0 unspecified atom stereocenters. The maximum absolute atomic E-state index is 14.0. The first kappa shape index (κ1) is 16.4. The van der Waals surface area contributed by atoms with Crippen LogP contribution in [-0.4, -0.2) is 53.6 Å². The Morgan fingerprint density at radius 3 is 3.04 bits per heavy atom. The van der Waals surface area contributed by atoms with E-state index in [4.69, 9.17) is 20.3 Å². The van der Waals surface area contributed by atoms with E-state index in [1.54, 1.807) is 0 Å². The van der Waals surface area contributed by atoms with Gasteiger partial charge in [0.25, 0.3) is 5.56 Å². The topological polar surface area (TPSA) is 161 Å². The van der Waals surface area contributed by atoms with Gasteiger partial charge in [-0.05, 0) is 11.8 Å². The van der Waals surface area contributed by atoms with Crippen LogP contribution in [-0.2, 0) is 21.1 Å². The highest BCUT2D eigenvalue weighted by atomic mass is 32.5. The minimum atomic E-state index is -3.90. The molecule has 3 rings (SSSR count). The average molecular weight is 366 g/mol. The fourth-order valence-corrected chi connectivity index (χ4v) is 2.73. The molecule has 1 aliphatic heterocycles. The van der Waals surface area contributed by atoms with E-state index in [1.807, 2.05) is 0 Å². The molecule has 1 saturated heterocycles. The molecule has 1 aliphatic rings. The number of alkyl halides is 1. The van der Waals surface area contributed by atoms with Crippen LogP contribution < -0.4 is 11.3 Å². The third kappa shape index (κ3) is 3.39. The van der Waals surface area contributed by atoms with Crippen molar-refractivity contribution in [3.63, 3.8) is 0 Å². The first-order valence-electron chi connectivity index (χ1n) is 6.35. The monoisotopic (exact) mass is 366 g/mol. The fraction of sp³-hybridized carbons (Fsp3) is 0.556. The summed E-state index contributed by atoms with van der Waals surface area (Å²) in [6.45, 7) is -4.33. The van der Waals surface area contributed by atoms with Gasteiger partial charge in [-0.1, -0.05) is 5.21 Å². The number of anilines is 1. The van der Waals surface area contributed by atoms with Gasteiger partial charge >= 0.3 is 6.72 Å². The number of ether oxygens (including phenoxy) is 1. The predicted molar refractivity (Wildman–Crippen MR) is 78.5 cm³/mol. The molecule has 0 bridgehead atoms. The molecule has 0 amide bonds. The number of H-pyrrole nitrogens is 1. The molecule has 3 atom stereocenters. The van der Waals surface area contributed by atoms with Gasteiger partial charge in [-0.15, -0.1) is 5.10 Å². The largest absolute Gasteiger partial charge is 0.369 e. The minimum Gasteiger partial charge on any atom is -0.369 e. The lowest BCUT2D eigenvalue weighted by molar-refractivity contribution is -0.0346. The molecule has 23 heavy (non-hydrogen) atoms. The summed E-state index contributed by atoms with van der Waals surface area (Å²) in [5.74, 6) is -0.137. The Hall–Kier alpha value is -1.50. The molecular weight excluding hydrogens is 354 g/mol. The highest BCUT2D eigenvalue weighted by Crippen LogP contribution is 2.39. The summed E-state index contributed by atoms with van der Waals surface area (Å²) in [4.78, 5) is 35.9. The Balaban J connectivity index is 1.84. The normalized spacial score (nSPS) is 25.3. The van der Waals surface area contributed by atoms with Crippen molar-refractivity contribution in [2.45, 2.75) is 24.9 Å². The van der Waals surface area contributed by atoms with E-state index >= 15 is 0 Å². The van der Waals surface area contributed by atoms with Crippen molar-refractivity contribution in [2.24, 2.45) is 0 Å². The third-order valence-electron chi connectivity index (χ3n) is 3.19. The van der Waals surface area contributed by atoms with Crippen LogP contribution in [0.15, 0.2) is 4.79 Å². The zero-order valence-electron chi connectivity index (χ0n) is 11.4. The quantitative estimate of drug-likeness (QED) is 0.491. The Morgan fingerprint density at radius 1 is 1.61 bits per heavy atom. The molecule has 0 aromatic carbocycles. The molecule has 14 heteroatoms. The molecule has 0 radical (unpaired) electrons. The lowest BCUT2D eigenvalue weighted by Crippen LogP contribution is -2.23. The summed E-state index contributed by atoms with van der Waals surface area (Å²) in [5.41, 5.74) is 4.89. The molecule has 3 heterocycles. The van der Waals surface area contributed by atoms with E-state index in [-0.39, 0.29) is 23.5 Å². The second kappa shape index (κ2) is 5.85. The molecule has 0 aliphatic carbocycles. The number of aromatic amines is 1. The van der Waals surface area contributed by atoms with E-state index in [0.717, 1.165) is 4.68 Å². The van der Waals surface area contributed by atoms with Crippen molar-refractivity contribution in [3.8, 4) is 0 Å². The average Bonchev–Trinajstić information content (AvgIpc) is 2.99. The van der Waals surface area contributed by atoms with Crippen molar-refractivity contribution >= 4 is 35.6 Å². The number of hydrogen-bond acceptors (Lipinski definition) is 8. The van der Waals surface area contributed by atoms with Gasteiger partial charge in [0.1, 0.15) is 12.3 Å². The highest BCUT2D eigenvalue weighted by molar-refractivity contribution is 8.06. The first-order chi connectivity index (χ1) is 10.7. The second-order valence-corrected chi connectivity index (χ2v) is 7.49. The summed E-state index contributed by atoms with van der Waals surface area (Å²) in [6, 6.07) is 0. The number of aromatic nitrogens is 5. The molecule has 126 valence electrons. The molecule has 1 fully saturated rings. The zero-order chi connectivity index (χ0) is 16.8. The first-order valence-corrected chi connectivity index (χ1v) is 8.97. The smallest absolute Gasteiger partial charge is 0.321 e. The lowest BCUT2D eigenvalue weighted by Gasteiger charge is -2.15. The van der Waals surface area contributed by atoms with Crippen LogP contribution >= 0.6 is 6.72 Å². The lowest BCUT2D eigenvalue weighted by atomic mass is 10.2. The van der Waals surface area contributed by atoms with E-state index in [9.17, 15) is 9.18 Å². The summed E-state index contributed by atoms with van der Waals surface area (Å²) < 4.78 is 25.2. The maximum Gasteiger partial charge on any atom is 0.321 e. The van der Waals surface area contributed by atoms with E-state index in [2.05, 4.69) is 36.6 Å². The van der Waals surface area contributed by atoms with E-state index in [0.29, 0.717) is 0 Å². The molecule has 11 nitrogen and oxygen atoms in total. The van der Waals surface area contributed by atoms with E-state index in [1.165, 1.54) is 0 Å². The van der Waals surface area contributed by atoms with Crippen molar-refractivity contribution in [1.29, 1.82) is 0 Å². The van der Waals surface area contributed by atoms with Crippen LogP contribution in [0.3, 0.4) is 0 Å². The number of rotatable bonds is 4. The highest BCUT2D eigenvalue weighted by Gasteiger charge is 2.39. The summed E-state index contributed by atoms with van der Waals surface area (Å²) >= 11 is 4.29. The van der Waals surface area contributed by atoms with Crippen LogP contribution in [0.5, 0.6) is 0 Å². The Labute approximate surface area is 132 Å². The van der Waals surface area contributed by atoms with Crippen LogP contribution in [0.1, 0.15) is 12.6 Å². The summed E-state index contributed by atoms with van der Waals surface area (Å²) in [7, 11) is 0. The van der Waals surface area contributed by atoms with Gasteiger partial charge in [0.2, 0.25) is 5.95 Å². The Morgan fingerprint density at radius 2 is 2.35 bits per heavy atom. The number of halogens is 1. The predicted octanol–water partition coefficient (Wildman–Crippen LogP) is -1.05. The van der Waals surface area contributed by atoms with Gasteiger partial charge in [-0.2, -0.15) is 9.67 Å². The van der Waals surface area contributed by atoms with Gasteiger partial charge in [0.15, 0.2) is 17.4 Å². The van der Waals surface area contributed by atoms with Crippen molar-refractivity contribution < 1.29 is 23.4 Å². The number of nitrogens with one attached hydrogen (secondary N) is 1. The number of nitrogens with two attached hydrogens (primary N) is 1. The van der Waals surface area contributed by atoms with Crippen molar-refractivity contribution in [1.82, 2.24) is 25.0 Å². The Kier molecular flexibility index (Phi) is 4.16. The second-order valence-electron chi connectivity index (χ2n) is 4.82. The van der Waals surface area contributed by atoms with Crippen molar-refractivity contribution in [3.05, 3.63) is 10.4 Å². The molecule has 0 saturated carbocycles. The van der Waals surface area contributed by atoms with Gasteiger partial charge in [-0.3, -0.25) is 9.78 Å². The minimum absolute atomic E-state index is 0.0550. The molecule has 2 aromatic rings. The third-order valence-corrected chi connectivity index (χ3v) is 4.00. The molecule has 5 N–H and O–H groups in total. The SMILES string of the molecule is Nc1nc2c(nnn2[C@H]2C[C@@H](F)[C@@H](COP(O)(O)=S)O2)c(=O)[nH]1. The summed E-state index contributed by atoms with van der Waals surface area (Å²) in [5, 5.41) is 7.41. The van der Waals surface area contributed by atoms with Crippen LogP contribution in [0.2, 0.25) is 0 Å². The maximum atomic E-state index is 14.0. The van der Waals surface area contributed by atoms with Crippen LogP contribution in [0.25, 0.3) is 11.2 Å². The van der Waals surface area contributed by atoms with Crippen molar-refractivity contribution in [2.75, 3.05) is 12.3 Å². The van der Waals surface area contributed by atoms with Gasteiger partial charge in [0, 0.05) is 6.42 Å².